The number of aromatic nitrogens is 2. The molecule has 4 heteroatoms. The van der Waals surface area contributed by atoms with Gasteiger partial charge in [-0.3, -0.25) is 9.36 Å². The summed E-state index contributed by atoms with van der Waals surface area (Å²) in [6.07, 6.45) is 1.65. The van der Waals surface area contributed by atoms with Gasteiger partial charge in [0, 0.05) is 10.9 Å². The van der Waals surface area contributed by atoms with Crippen LogP contribution in [-0.4, -0.2) is 9.55 Å². The molecule has 0 fully saturated rings. The zero-order valence-electron chi connectivity index (χ0n) is 12.3. The molecule has 0 aliphatic heterocycles. The minimum atomic E-state index is 0.0195. The summed E-state index contributed by atoms with van der Waals surface area (Å²) in [5.41, 5.74) is 4.01. The van der Waals surface area contributed by atoms with Gasteiger partial charge in [-0.2, -0.15) is 0 Å². The molecule has 0 N–H and O–H groups in total. The number of hydrogen-bond acceptors (Lipinski definition) is 3. The van der Waals surface area contributed by atoms with E-state index in [1.165, 1.54) is 11.3 Å². The number of hydrogen-bond donors (Lipinski definition) is 0. The zero-order valence-corrected chi connectivity index (χ0v) is 13.2. The van der Waals surface area contributed by atoms with E-state index in [9.17, 15) is 4.79 Å². The summed E-state index contributed by atoms with van der Waals surface area (Å²) in [7, 11) is 0. The van der Waals surface area contributed by atoms with Gasteiger partial charge in [0.25, 0.3) is 5.56 Å². The molecule has 112 valence electrons. The summed E-state index contributed by atoms with van der Waals surface area (Å²) in [5, 5.41) is 2.02. The van der Waals surface area contributed by atoms with Crippen molar-refractivity contribution in [1.29, 1.82) is 0 Å². The normalized spacial score (nSPS) is 11.0. The van der Waals surface area contributed by atoms with E-state index >= 15 is 0 Å². The highest BCUT2D eigenvalue weighted by Gasteiger charge is 2.12. The molecule has 23 heavy (non-hydrogen) atoms. The van der Waals surface area contributed by atoms with E-state index in [0.717, 1.165) is 22.2 Å². The van der Waals surface area contributed by atoms with Crippen molar-refractivity contribution in [2.24, 2.45) is 0 Å². The molecule has 0 atom stereocenters. The van der Waals surface area contributed by atoms with E-state index < -0.39 is 0 Å². The third-order valence-corrected chi connectivity index (χ3v) is 4.78. The Morgan fingerprint density at radius 2 is 1.65 bits per heavy atom. The van der Waals surface area contributed by atoms with E-state index in [2.05, 4.69) is 4.98 Å². The lowest BCUT2D eigenvalue weighted by atomic mass is 10.1. The lowest BCUT2D eigenvalue weighted by molar-refractivity contribution is 0.750. The zero-order chi connectivity index (χ0) is 15.6. The van der Waals surface area contributed by atoms with Crippen LogP contribution in [0.2, 0.25) is 0 Å². The van der Waals surface area contributed by atoms with Crippen molar-refractivity contribution < 1.29 is 0 Å². The Morgan fingerprint density at radius 3 is 2.39 bits per heavy atom. The van der Waals surface area contributed by atoms with Gasteiger partial charge in [-0.1, -0.05) is 60.7 Å². The van der Waals surface area contributed by atoms with Crippen molar-refractivity contribution in [3.05, 3.63) is 88.3 Å². The van der Waals surface area contributed by atoms with Crippen molar-refractivity contribution in [1.82, 2.24) is 9.55 Å². The molecule has 0 amide bonds. The van der Waals surface area contributed by atoms with E-state index in [1.54, 1.807) is 10.9 Å². The van der Waals surface area contributed by atoms with E-state index in [-0.39, 0.29) is 5.56 Å². The van der Waals surface area contributed by atoms with Gasteiger partial charge in [0.2, 0.25) is 0 Å². The van der Waals surface area contributed by atoms with Crippen LogP contribution in [0.4, 0.5) is 0 Å². The second-order valence-corrected chi connectivity index (χ2v) is 6.24. The first kappa shape index (κ1) is 13.9. The van der Waals surface area contributed by atoms with Gasteiger partial charge < -0.3 is 0 Å². The van der Waals surface area contributed by atoms with Gasteiger partial charge in [-0.05, 0) is 11.1 Å². The number of rotatable bonds is 3. The minimum absolute atomic E-state index is 0.0195. The molecule has 0 unspecified atom stereocenters. The van der Waals surface area contributed by atoms with Crippen LogP contribution < -0.4 is 5.56 Å². The van der Waals surface area contributed by atoms with Crippen LogP contribution in [0.3, 0.4) is 0 Å². The summed E-state index contributed by atoms with van der Waals surface area (Å²) in [6, 6.07) is 20.0. The molecule has 0 radical (unpaired) electrons. The van der Waals surface area contributed by atoms with Crippen LogP contribution in [0.5, 0.6) is 0 Å². The predicted octanol–water partition coefficient (Wildman–Crippen LogP) is 4.17. The highest BCUT2D eigenvalue weighted by Crippen LogP contribution is 2.30. The highest BCUT2D eigenvalue weighted by molar-refractivity contribution is 7.17. The number of fused-ring (bicyclic) bond motifs is 1. The van der Waals surface area contributed by atoms with Gasteiger partial charge in [0.05, 0.1) is 18.4 Å². The highest BCUT2D eigenvalue weighted by atomic mass is 32.1. The molecule has 4 aromatic rings. The van der Waals surface area contributed by atoms with Crippen molar-refractivity contribution in [3.63, 3.8) is 0 Å². The topological polar surface area (TPSA) is 34.9 Å². The minimum Gasteiger partial charge on any atom is -0.294 e. The second kappa shape index (κ2) is 5.82. The van der Waals surface area contributed by atoms with Crippen LogP contribution in [0.25, 0.3) is 21.3 Å². The first-order valence-corrected chi connectivity index (χ1v) is 8.27. The van der Waals surface area contributed by atoms with Gasteiger partial charge in [0.15, 0.2) is 0 Å². The molecule has 0 aliphatic carbocycles. The monoisotopic (exact) mass is 318 g/mol. The van der Waals surface area contributed by atoms with Gasteiger partial charge in [0.1, 0.15) is 4.70 Å². The molecule has 0 bridgehead atoms. The maximum Gasteiger partial charge on any atom is 0.271 e. The van der Waals surface area contributed by atoms with Gasteiger partial charge in [-0.15, -0.1) is 11.3 Å². The largest absolute Gasteiger partial charge is 0.294 e. The van der Waals surface area contributed by atoms with Crippen molar-refractivity contribution >= 4 is 21.6 Å². The molecule has 0 spiro atoms. The average Bonchev–Trinajstić information content (AvgIpc) is 3.04. The molecule has 2 heterocycles. The number of thiophene rings is 1. The standard InChI is InChI=1S/C19H14N2OS/c22-19-18-17(16(12-23-18)15-9-5-2-6-10-15)20-13-21(19)11-14-7-3-1-4-8-14/h1-10,12-13H,11H2. The van der Waals surface area contributed by atoms with Crippen LogP contribution in [0.1, 0.15) is 5.56 Å². The molecule has 4 rings (SSSR count). The van der Waals surface area contributed by atoms with E-state index in [4.69, 9.17) is 0 Å². The first-order chi connectivity index (χ1) is 11.3. The molecular weight excluding hydrogens is 304 g/mol. The third kappa shape index (κ3) is 2.58. The summed E-state index contributed by atoms with van der Waals surface area (Å²) >= 11 is 1.46. The summed E-state index contributed by atoms with van der Waals surface area (Å²) in [4.78, 5) is 17.3. The Hall–Kier alpha value is -2.72. The quantitative estimate of drug-likeness (QED) is 0.568. The van der Waals surface area contributed by atoms with Gasteiger partial charge in [-0.25, -0.2) is 4.98 Å². The first-order valence-electron chi connectivity index (χ1n) is 7.39. The SMILES string of the molecule is O=c1c2scc(-c3ccccc3)c2ncn1Cc1ccccc1. The smallest absolute Gasteiger partial charge is 0.271 e. The number of nitrogens with zero attached hydrogens (tertiary/aromatic N) is 2. The lowest BCUT2D eigenvalue weighted by Gasteiger charge is -2.05. The van der Waals surface area contributed by atoms with E-state index in [1.807, 2.05) is 66.0 Å². The lowest BCUT2D eigenvalue weighted by Crippen LogP contribution is -2.20. The van der Waals surface area contributed by atoms with Crippen molar-refractivity contribution in [3.8, 4) is 11.1 Å². The molecule has 3 nitrogen and oxygen atoms in total. The fourth-order valence-corrected chi connectivity index (χ4v) is 3.63. The molecular formula is C19H14N2OS. The van der Waals surface area contributed by atoms with Gasteiger partial charge >= 0.3 is 0 Å². The van der Waals surface area contributed by atoms with Crippen LogP contribution in [-0.2, 0) is 6.54 Å². The van der Waals surface area contributed by atoms with Crippen LogP contribution in [0.15, 0.2) is 77.2 Å². The Labute approximate surface area is 137 Å². The maximum absolute atomic E-state index is 12.7. The fraction of sp³-hybridized carbons (Fsp3) is 0.0526. The number of benzene rings is 2. The van der Waals surface area contributed by atoms with Crippen LogP contribution >= 0.6 is 11.3 Å². The Balaban J connectivity index is 1.80. The molecule has 2 aromatic carbocycles. The maximum atomic E-state index is 12.7. The molecule has 0 saturated carbocycles. The Bertz CT molecular complexity index is 1000. The average molecular weight is 318 g/mol. The van der Waals surface area contributed by atoms with Crippen molar-refractivity contribution in [2.75, 3.05) is 0 Å². The van der Waals surface area contributed by atoms with E-state index in [0.29, 0.717) is 11.2 Å². The molecule has 0 saturated heterocycles. The third-order valence-electron chi connectivity index (χ3n) is 3.83. The second-order valence-electron chi connectivity index (χ2n) is 5.36. The summed E-state index contributed by atoms with van der Waals surface area (Å²) in [6.45, 7) is 0.543. The summed E-state index contributed by atoms with van der Waals surface area (Å²) in [5.74, 6) is 0. The van der Waals surface area contributed by atoms with Crippen molar-refractivity contribution in [2.45, 2.75) is 6.54 Å². The van der Waals surface area contributed by atoms with Crippen LogP contribution in [0, 0.1) is 0 Å². The predicted molar refractivity (Wildman–Crippen MR) is 94.9 cm³/mol. The fourth-order valence-electron chi connectivity index (χ4n) is 2.66. The Morgan fingerprint density at radius 1 is 0.957 bits per heavy atom. The molecule has 0 aliphatic rings. The summed E-state index contributed by atoms with van der Waals surface area (Å²) < 4.78 is 2.38. The molecule has 2 aromatic heterocycles. The Kier molecular flexibility index (Phi) is 3.52.